The number of hydrogen-bond acceptors (Lipinski definition) is 6. The van der Waals surface area contributed by atoms with E-state index in [2.05, 4.69) is 15.2 Å². The number of hydrogen-bond donors (Lipinski definition) is 2. The average Bonchev–Trinajstić information content (AvgIpc) is 3.35. The number of nitrogens with one attached hydrogen (secondary N) is 2. The lowest BCUT2D eigenvalue weighted by atomic mass is 10.0. The molecular formula is C24H32F3N5O3. The number of carbonyl (C=O) groups is 2. The Morgan fingerprint density at radius 2 is 1.97 bits per heavy atom. The minimum absolute atomic E-state index is 0.0559. The van der Waals surface area contributed by atoms with Crippen LogP contribution in [0.15, 0.2) is 35.9 Å². The van der Waals surface area contributed by atoms with Gasteiger partial charge in [0.25, 0.3) is 0 Å². The number of likely N-dealkylation sites (N-methyl/N-ethyl adjacent to an activating group) is 1. The molecule has 1 aliphatic carbocycles. The minimum atomic E-state index is -4.49. The highest BCUT2D eigenvalue weighted by molar-refractivity contribution is 6.05. The summed E-state index contributed by atoms with van der Waals surface area (Å²) in [6, 6.07) is 1.93. The summed E-state index contributed by atoms with van der Waals surface area (Å²) in [5.74, 6) is -0.0508. The Bertz CT molecular complexity index is 1000. The van der Waals surface area contributed by atoms with Gasteiger partial charge in [0.1, 0.15) is 24.2 Å². The second-order valence-electron chi connectivity index (χ2n) is 8.75. The zero-order valence-corrected chi connectivity index (χ0v) is 20.4. The van der Waals surface area contributed by atoms with Gasteiger partial charge in [-0.15, -0.1) is 0 Å². The van der Waals surface area contributed by atoms with Crippen LogP contribution < -0.4 is 20.4 Å². The van der Waals surface area contributed by atoms with Crippen LogP contribution in [0.4, 0.5) is 30.4 Å². The summed E-state index contributed by atoms with van der Waals surface area (Å²) in [5.41, 5.74) is 1.72. The molecular weight excluding hydrogens is 463 g/mol. The molecule has 1 aromatic heterocycles. The molecule has 3 rings (SSSR count). The number of pyridine rings is 1. The molecule has 2 aliphatic rings. The Kier molecular flexibility index (Phi) is 8.29. The van der Waals surface area contributed by atoms with Gasteiger partial charge in [-0.3, -0.25) is 9.59 Å². The van der Waals surface area contributed by atoms with E-state index in [0.717, 1.165) is 37.1 Å². The predicted molar refractivity (Wildman–Crippen MR) is 128 cm³/mol. The fraction of sp³-hybridized carbons (Fsp3) is 0.542. The molecule has 2 N–H and O–H groups in total. The molecule has 0 saturated heterocycles. The summed E-state index contributed by atoms with van der Waals surface area (Å²) in [6.07, 6.45) is 5.00. The maximum Gasteiger partial charge on any atom is 0.405 e. The number of fused-ring (bicyclic) bond motifs is 1. The van der Waals surface area contributed by atoms with Crippen LogP contribution in [-0.4, -0.2) is 55.8 Å². The van der Waals surface area contributed by atoms with Crippen molar-refractivity contribution >= 4 is 29.0 Å². The van der Waals surface area contributed by atoms with Crippen molar-refractivity contribution in [2.24, 2.45) is 0 Å². The van der Waals surface area contributed by atoms with Gasteiger partial charge in [-0.25, -0.2) is 4.98 Å². The maximum absolute atomic E-state index is 13.0. The van der Waals surface area contributed by atoms with Gasteiger partial charge >= 0.3 is 6.18 Å². The van der Waals surface area contributed by atoms with Crippen molar-refractivity contribution in [1.82, 2.24) is 10.3 Å². The van der Waals surface area contributed by atoms with E-state index in [1.54, 1.807) is 18.1 Å². The smallest absolute Gasteiger partial charge is 0.405 e. The van der Waals surface area contributed by atoms with Crippen molar-refractivity contribution in [2.75, 3.05) is 35.8 Å². The second kappa shape index (κ2) is 11.0. The second-order valence-corrected chi connectivity index (χ2v) is 8.75. The largest absolute Gasteiger partial charge is 0.495 e. The number of carbonyl (C=O) groups excluding carboxylic acids is 2. The molecule has 11 heteroatoms. The quantitative estimate of drug-likeness (QED) is 0.321. The molecule has 192 valence electrons. The van der Waals surface area contributed by atoms with E-state index < -0.39 is 18.6 Å². The summed E-state index contributed by atoms with van der Waals surface area (Å²) >= 11 is 0. The molecule has 0 aromatic carbocycles. The van der Waals surface area contributed by atoms with Crippen molar-refractivity contribution < 1.29 is 27.5 Å². The third kappa shape index (κ3) is 6.26. The molecule has 0 unspecified atom stereocenters. The number of allylic oxidation sites excluding steroid dienone is 1. The van der Waals surface area contributed by atoms with Gasteiger partial charge in [0, 0.05) is 30.9 Å². The zero-order chi connectivity index (χ0) is 25.8. The number of rotatable bonds is 8. The Hall–Kier alpha value is -3.24. The number of halogens is 3. The van der Waals surface area contributed by atoms with Crippen LogP contribution in [0.25, 0.3) is 0 Å². The third-order valence-corrected chi connectivity index (χ3v) is 6.32. The highest BCUT2D eigenvalue weighted by Crippen LogP contribution is 2.41. The van der Waals surface area contributed by atoms with E-state index >= 15 is 0 Å². The van der Waals surface area contributed by atoms with E-state index in [-0.39, 0.29) is 29.3 Å². The average molecular weight is 496 g/mol. The van der Waals surface area contributed by atoms with Gasteiger partial charge in [-0.05, 0) is 32.3 Å². The van der Waals surface area contributed by atoms with E-state index in [1.165, 1.54) is 26.3 Å². The third-order valence-electron chi connectivity index (χ3n) is 6.32. The Morgan fingerprint density at radius 3 is 2.57 bits per heavy atom. The first-order valence-corrected chi connectivity index (χ1v) is 11.7. The molecule has 8 nitrogen and oxygen atoms in total. The SMILES string of the molecule is CC[C@@H]1C(=O)N(C)c2cnc(N/C=C(/C=C(\C)C(=O)NCC(F)(F)F)OC)cc2N1C1CCCC1. The standard InChI is InChI=1S/C24H32F3N5O3/c1-5-18-23(34)31(3)20-13-29-21(11-19(20)32(18)16-8-6-7-9-16)28-12-17(35-4)10-15(2)22(33)30-14-24(25,26)27/h10-13,16,18H,5-9,14H2,1-4H3,(H,28,29)(H,30,33)/b15-10+,17-12-/t18-/m1/s1. The summed E-state index contributed by atoms with van der Waals surface area (Å²) in [6.45, 7) is 2.00. The molecule has 1 fully saturated rings. The van der Waals surface area contributed by atoms with Crippen LogP contribution in [0.2, 0.25) is 0 Å². The summed E-state index contributed by atoms with van der Waals surface area (Å²) in [4.78, 5) is 33.2. The Labute approximate surface area is 203 Å². The van der Waals surface area contributed by atoms with Gasteiger partial charge in [-0.1, -0.05) is 19.8 Å². The van der Waals surface area contributed by atoms with E-state index in [9.17, 15) is 22.8 Å². The highest BCUT2D eigenvalue weighted by atomic mass is 19.4. The fourth-order valence-electron chi connectivity index (χ4n) is 4.52. The molecule has 1 aromatic rings. The van der Waals surface area contributed by atoms with Gasteiger partial charge in [0.05, 0.1) is 24.7 Å². The number of anilines is 3. The topological polar surface area (TPSA) is 86.8 Å². The minimum Gasteiger partial charge on any atom is -0.495 e. The number of aromatic nitrogens is 1. The number of ether oxygens (including phenoxy) is 1. The van der Waals surface area contributed by atoms with E-state index in [4.69, 9.17) is 4.74 Å². The molecule has 1 atom stereocenters. The van der Waals surface area contributed by atoms with Gasteiger partial charge in [-0.2, -0.15) is 13.2 Å². The first-order valence-electron chi connectivity index (χ1n) is 11.7. The van der Waals surface area contributed by atoms with Crippen molar-refractivity contribution in [2.45, 2.75) is 64.2 Å². The monoisotopic (exact) mass is 495 g/mol. The van der Waals surface area contributed by atoms with Crippen LogP contribution in [0, 0.1) is 0 Å². The highest BCUT2D eigenvalue weighted by Gasteiger charge is 2.40. The normalized spacial score (nSPS) is 19.6. The number of alkyl halides is 3. The zero-order valence-electron chi connectivity index (χ0n) is 20.4. The Morgan fingerprint density at radius 1 is 1.29 bits per heavy atom. The molecule has 1 aliphatic heterocycles. The van der Waals surface area contributed by atoms with Crippen molar-refractivity contribution in [1.29, 1.82) is 0 Å². The van der Waals surface area contributed by atoms with Crippen molar-refractivity contribution in [3.8, 4) is 0 Å². The lowest BCUT2D eigenvalue weighted by Crippen LogP contribution is -2.55. The van der Waals surface area contributed by atoms with Crippen LogP contribution in [0.1, 0.15) is 46.0 Å². The maximum atomic E-state index is 13.0. The Balaban J connectivity index is 1.83. The summed E-state index contributed by atoms with van der Waals surface area (Å²) in [5, 5.41) is 4.86. The number of amides is 2. The molecule has 1 saturated carbocycles. The van der Waals surface area contributed by atoms with Crippen LogP contribution in [0.3, 0.4) is 0 Å². The lowest BCUT2D eigenvalue weighted by molar-refractivity contribution is -0.136. The molecule has 0 bridgehead atoms. The van der Waals surface area contributed by atoms with Gasteiger partial charge < -0.3 is 25.2 Å². The molecule has 2 amide bonds. The summed E-state index contributed by atoms with van der Waals surface area (Å²) < 4.78 is 42.3. The van der Waals surface area contributed by atoms with Crippen LogP contribution in [0.5, 0.6) is 0 Å². The number of methoxy groups -OCH3 is 1. The fourth-order valence-corrected chi connectivity index (χ4v) is 4.52. The van der Waals surface area contributed by atoms with Gasteiger partial charge in [0.15, 0.2) is 0 Å². The van der Waals surface area contributed by atoms with Crippen molar-refractivity contribution in [3.05, 3.63) is 35.9 Å². The van der Waals surface area contributed by atoms with Gasteiger partial charge in [0.2, 0.25) is 11.8 Å². The first kappa shape index (κ1) is 26.4. The van der Waals surface area contributed by atoms with Crippen molar-refractivity contribution in [3.63, 3.8) is 0 Å². The summed E-state index contributed by atoms with van der Waals surface area (Å²) in [7, 11) is 3.14. The predicted octanol–water partition coefficient (Wildman–Crippen LogP) is 4.11. The molecule has 0 spiro atoms. The van der Waals surface area contributed by atoms with Crippen LogP contribution in [-0.2, 0) is 14.3 Å². The number of nitrogens with zero attached hydrogens (tertiary/aromatic N) is 3. The van der Waals surface area contributed by atoms with Crippen LogP contribution >= 0.6 is 0 Å². The molecule has 35 heavy (non-hydrogen) atoms. The lowest BCUT2D eigenvalue weighted by Gasteiger charge is -2.44. The van der Waals surface area contributed by atoms with E-state index in [1.807, 2.05) is 18.3 Å². The first-order chi connectivity index (χ1) is 16.6. The molecule has 2 heterocycles. The van der Waals surface area contributed by atoms with E-state index in [0.29, 0.717) is 12.2 Å². The molecule has 0 radical (unpaired) electrons.